The van der Waals surface area contributed by atoms with Crippen LogP contribution < -0.4 is 0 Å². The Labute approximate surface area is 164 Å². The summed E-state index contributed by atoms with van der Waals surface area (Å²) < 4.78 is 97.3. The minimum absolute atomic E-state index is 0.130. The van der Waals surface area contributed by atoms with Crippen LogP contribution in [-0.4, -0.2) is 52.7 Å². The van der Waals surface area contributed by atoms with Gasteiger partial charge in [-0.2, -0.15) is 26.3 Å². The summed E-state index contributed by atoms with van der Waals surface area (Å²) in [5, 5.41) is 7.72. The van der Waals surface area contributed by atoms with Crippen molar-refractivity contribution in [1.29, 1.82) is 0 Å². The number of alkyl halides is 6. The van der Waals surface area contributed by atoms with E-state index in [1.807, 2.05) is 0 Å². The summed E-state index contributed by atoms with van der Waals surface area (Å²) in [5.41, 5.74) is 0.474. The highest BCUT2D eigenvalue weighted by Gasteiger charge is 2.60. The standard InChI is InChI=1S/C17H14F7N3O3/c18-11-3-1-9(2-4-11)12-25-26-13(29-12)10-5-7-27(8-6-10)15(28)30-14(16(19,20)21)17(22,23)24/h1-4,10,14H,5-8H2. The zero-order valence-electron chi connectivity index (χ0n) is 15.0. The zero-order valence-corrected chi connectivity index (χ0v) is 15.0. The van der Waals surface area contributed by atoms with Crippen LogP contribution in [0.25, 0.3) is 11.5 Å². The minimum atomic E-state index is -5.77. The van der Waals surface area contributed by atoms with Crippen molar-refractivity contribution in [2.24, 2.45) is 0 Å². The summed E-state index contributed by atoms with van der Waals surface area (Å²) in [6, 6.07) is 5.28. The Balaban J connectivity index is 1.59. The number of hydrogen-bond donors (Lipinski definition) is 0. The van der Waals surface area contributed by atoms with Gasteiger partial charge in [0.25, 0.3) is 6.10 Å². The Morgan fingerprint density at radius 1 is 1.03 bits per heavy atom. The third-order valence-electron chi connectivity index (χ3n) is 4.45. The number of rotatable bonds is 3. The molecule has 2 heterocycles. The van der Waals surface area contributed by atoms with Gasteiger partial charge in [-0.05, 0) is 37.1 Å². The molecule has 0 aliphatic carbocycles. The maximum Gasteiger partial charge on any atom is 0.434 e. The van der Waals surface area contributed by atoms with Crippen molar-refractivity contribution < 1.29 is 44.7 Å². The van der Waals surface area contributed by atoms with Gasteiger partial charge in [0.15, 0.2) is 0 Å². The van der Waals surface area contributed by atoms with Crippen LogP contribution in [0.5, 0.6) is 0 Å². The predicted octanol–water partition coefficient (Wildman–Crippen LogP) is 4.68. The molecular formula is C17H14F7N3O3. The molecular weight excluding hydrogens is 427 g/mol. The van der Waals surface area contributed by atoms with Crippen molar-refractivity contribution in [1.82, 2.24) is 15.1 Å². The highest BCUT2D eigenvalue weighted by atomic mass is 19.4. The van der Waals surface area contributed by atoms with Crippen molar-refractivity contribution >= 4 is 6.09 Å². The maximum absolute atomic E-state index is 13.0. The lowest BCUT2D eigenvalue weighted by atomic mass is 9.97. The molecule has 0 radical (unpaired) electrons. The molecule has 1 aromatic carbocycles. The van der Waals surface area contributed by atoms with Crippen molar-refractivity contribution in [2.45, 2.75) is 37.2 Å². The van der Waals surface area contributed by atoms with Gasteiger partial charge in [0.1, 0.15) is 5.82 Å². The lowest BCUT2D eigenvalue weighted by Gasteiger charge is -2.31. The molecule has 6 nitrogen and oxygen atoms in total. The van der Waals surface area contributed by atoms with E-state index in [0.29, 0.717) is 5.56 Å². The van der Waals surface area contributed by atoms with E-state index < -0.39 is 30.4 Å². The van der Waals surface area contributed by atoms with Gasteiger partial charge in [-0.15, -0.1) is 10.2 Å². The summed E-state index contributed by atoms with van der Waals surface area (Å²) in [7, 11) is 0. The molecule has 0 spiro atoms. The molecule has 1 aliphatic rings. The molecule has 0 saturated carbocycles. The second kappa shape index (κ2) is 8.11. The zero-order chi connectivity index (χ0) is 22.1. The van der Waals surface area contributed by atoms with Gasteiger partial charge in [0.2, 0.25) is 11.8 Å². The lowest BCUT2D eigenvalue weighted by Crippen LogP contribution is -2.49. The second-order valence-corrected chi connectivity index (χ2v) is 6.56. The quantitative estimate of drug-likeness (QED) is 0.647. The van der Waals surface area contributed by atoms with Crippen molar-refractivity contribution in [2.75, 3.05) is 13.1 Å². The van der Waals surface area contributed by atoms with Gasteiger partial charge < -0.3 is 14.1 Å². The number of amides is 1. The van der Waals surface area contributed by atoms with E-state index in [1.54, 1.807) is 0 Å². The van der Waals surface area contributed by atoms with Gasteiger partial charge >= 0.3 is 18.4 Å². The minimum Gasteiger partial charge on any atom is -0.426 e. The molecule has 0 N–H and O–H groups in total. The van der Waals surface area contributed by atoms with E-state index in [9.17, 15) is 35.5 Å². The number of carbonyl (C=O) groups is 1. The number of halogens is 7. The Kier molecular flexibility index (Phi) is 5.90. The van der Waals surface area contributed by atoms with E-state index >= 15 is 0 Å². The Hall–Kier alpha value is -2.86. The fraction of sp³-hybridized carbons (Fsp3) is 0.471. The van der Waals surface area contributed by atoms with E-state index in [0.717, 1.165) is 4.90 Å². The van der Waals surface area contributed by atoms with Crippen LogP contribution in [0.3, 0.4) is 0 Å². The van der Waals surface area contributed by atoms with Gasteiger partial charge in [0, 0.05) is 24.6 Å². The molecule has 30 heavy (non-hydrogen) atoms. The van der Waals surface area contributed by atoms with E-state index in [1.165, 1.54) is 24.3 Å². The first kappa shape index (κ1) is 21.8. The molecule has 2 aromatic rings. The Bertz CT molecular complexity index is 858. The fourth-order valence-corrected chi connectivity index (χ4v) is 2.91. The number of nitrogens with zero attached hydrogens (tertiary/aromatic N) is 3. The van der Waals surface area contributed by atoms with Crippen LogP contribution in [0.4, 0.5) is 35.5 Å². The fourth-order valence-electron chi connectivity index (χ4n) is 2.91. The van der Waals surface area contributed by atoms with E-state index in [4.69, 9.17) is 4.42 Å². The highest BCUT2D eigenvalue weighted by Crippen LogP contribution is 2.36. The van der Waals surface area contributed by atoms with Crippen LogP contribution in [0.2, 0.25) is 0 Å². The summed E-state index contributed by atoms with van der Waals surface area (Å²) >= 11 is 0. The average molecular weight is 441 g/mol. The van der Waals surface area contributed by atoms with Crippen LogP contribution in [0.1, 0.15) is 24.7 Å². The smallest absolute Gasteiger partial charge is 0.426 e. The highest BCUT2D eigenvalue weighted by molar-refractivity contribution is 5.68. The van der Waals surface area contributed by atoms with Crippen LogP contribution in [0, 0.1) is 5.82 Å². The molecule has 1 amide bonds. The SMILES string of the molecule is O=C(OC(C(F)(F)F)C(F)(F)F)N1CCC(c2nnc(-c3ccc(F)cc3)o2)CC1. The summed E-state index contributed by atoms with van der Waals surface area (Å²) in [4.78, 5) is 12.5. The monoisotopic (exact) mass is 441 g/mol. The third-order valence-corrected chi connectivity index (χ3v) is 4.45. The van der Waals surface area contributed by atoms with E-state index in [2.05, 4.69) is 14.9 Å². The molecule has 0 atom stereocenters. The first-order chi connectivity index (χ1) is 13.9. The molecule has 1 aliphatic heterocycles. The summed E-state index contributed by atoms with van der Waals surface area (Å²) in [5.74, 6) is -0.469. The Morgan fingerprint density at radius 2 is 1.60 bits per heavy atom. The predicted molar refractivity (Wildman–Crippen MR) is 85.6 cm³/mol. The third kappa shape index (κ3) is 5.00. The average Bonchev–Trinajstić information content (AvgIpc) is 3.15. The Morgan fingerprint density at radius 3 is 2.13 bits per heavy atom. The van der Waals surface area contributed by atoms with Crippen molar-refractivity contribution in [3.8, 4) is 11.5 Å². The van der Waals surface area contributed by atoms with E-state index in [-0.39, 0.29) is 43.6 Å². The molecule has 1 fully saturated rings. The molecule has 3 rings (SSSR count). The molecule has 164 valence electrons. The van der Waals surface area contributed by atoms with Crippen LogP contribution >= 0.6 is 0 Å². The largest absolute Gasteiger partial charge is 0.434 e. The van der Waals surface area contributed by atoms with Gasteiger partial charge in [-0.3, -0.25) is 0 Å². The first-order valence-corrected chi connectivity index (χ1v) is 8.63. The second-order valence-electron chi connectivity index (χ2n) is 6.56. The van der Waals surface area contributed by atoms with Gasteiger partial charge in [-0.25, -0.2) is 9.18 Å². The molecule has 0 unspecified atom stereocenters. The molecule has 1 aromatic heterocycles. The van der Waals surface area contributed by atoms with Crippen LogP contribution in [0.15, 0.2) is 28.7 Å². The number of likely N-dealkylation sites (tertiary alicyclic amines) is 1. The number of carbonyl (C=O) groups excluding carboxylic acids is 1. The summed E-state index contributed by atoms with van der Waals surface area (Å²) in [6.45, 7) is -0.305. The van der Waals surface area contributed by atoms with Crippen LogP contribution in [-0.2, 0) is 4.74 Å². The number of hydrogen-bond acceptors (Lipinski definition) is 5. The molecule has 0 bridgehead atoms. The number of benzene rings is 1. The lowest BCUT2D eigenvalue weighted by molar-refractivity contribution is -0.308. The molecule has 1 saturated heterocycles. The topological polar surface area (TPSA) is 68.5 Å². The first-order valence-electron chi connectivity index (χ1n) is 8.63. The number of ether oxygens (including phenoxy) is 1. The molecule has 13 heteroatoms. The van der Waals surface area contributed by atoms with Crippen molar-refractivity contribution in [3.05, 3.63) is 36.0 Å². The van der Waals surface area contributed by atoms with Gasteiger partial charge in [-0.1, -0.05) is 0 Å². The normalized spacial score (nSPS) is 16.2. The summed E-state index contributed by atoms with van der Waals surface area (Å²) in [6.07, 6.45) is -17.1. The number of piperidine rings is 1. The maximum atomic E-state index is 13.0. The number of aromatic nitrogens is 2. The van der Waals surface area contributed by atoms with Gasteiger partial charge in [0.05, 0.1) is 0 Å². The van der Waals surface area contributed by atoms with Crippen molar-refractivity contribution in [3.63, 3.8) is 0 Å².